The monoisotopic (exact) mass is 388 g/mol. The lowest BCUT2D eigenvalue weighted by atomic mass is 9.49. The number of ether oxygens (including phenoxy) is 1. The van der Waals surface area contributed by atoms with E-state index in [1.165, 1.54) is 19.3 Å². The lowest BCUT2D eigenvalue weighted by Crippen LogP contribution is -2.73. The van der Waals surface area contributed by atoms with Crippen molar-refractivity contribution < 1.29 is 20.1 Å². The van der Waals surface area contributed by atoms with Gasteiger partial charge in [-0.1, -0.05) is 12.5 Å². The number of phenols is 1. The van der Waals surface area contributed by atoms with Crippen molar-refractivity contribution >= 4 is 0 Å². The largest absolute Gasteiger partial charge is 0.504 e. The molecule has 0 radical (unpaired) electrons. The summed E-state index contributed by atoms with van der Waals surface area (Å²) < 4.78 is 5.45. The summed E-state index contributed by atoms with van der Waals surface area (Å²) in [7, 11) is 0. The van der Waals surface area contributed by atoms with Crippen molar-refractivity contribution in [2.75, 3.05) is 19.8 Å². The van der Waals surface area contributed by atoms with Gasteiger partial charge in [0.1, 0.15) is 6.73 Å². The van der Waals surface area contributed by atoms with Crippen LogP contribution in [0.3, 0.4) is 0 Å². The summed E-state index contributed by atoms with van der Waals surface area (Å²) in [5.74, 6) is 1.22. The Balaban J connectivity index is 1.62. The predicted octanol–water partition coefficient (Wildman–Crippen LogP) is 1.63. The molecule has 0 unspecified atom stereocenters. The number of likely N-dealkylation sites (tertiary alicyclic amines) is 1. The highest BCUT2D eigenvalue weighted by molar-refractivity contribution is 5.58. The molecule has 0 spiro atoms. The Morgan fingerprint density at radius 3 is 2.75 bits per heavy atom. The van der Waals surface area contributed by atoms with Crippen LogP contribution in [0, 0.1) is 5.92 Å². The van der Waals surface area contributed by atoms with E-state index in [1.807, 2.05) is 6.07 Å². The number of phenolic OH excluding ortho intramolecular Hbond substituents is 1. The molecule has 1 aliphatic heterocycles. The third-order valence-corrected chi connectivity index (χ3v) is 8.16. The van der Waals surface area contributed by atoms with Crippen LogP contribution in [0.25, 0.3) is 0 Å². The Morgan fingerprint density at radius 2 is 2.04 bits per heavy atom. The molecule has 6 heteroatoms. The molecule has 1 heterocycles. The van der Waals surface area contributed by atoms with Gasteiger partial charge in [-0.2, -0.15) is 0 Å². The van der Waals surface area contributed by atoms with Gasteiger partial charge >= 0.3 is 0 Å². The zero-order chi connectivity index (χ0) is 19.5. The molecule has 2 bridgehead atoms. The summed E-state index contributed by atoms with van der Waals surface area (Å²) >= 11 is 0. The lowest BCUT2D eigenvalue weighted by Gasteiger charge is -2.64. The summed E-state index contributed by atoms with van der Waals surface area (Å²) in [6.45, 7) is 1.95. The molecule has 1 saturated heterocycles. The van der Waals surface area contributed by atoms with Crippen molar-refractivity contribution in [3.05, 3.63) is 23.3 Å². The highest BCUT2D eigenvalue weighted by atomic mass is 16.5. The predicted molar refractivity (Wildman–Crippen MR) is 105 cm³/mol. The fourth-order valence-electron chi connectivity index (χ4n) is 6.60. The molecule has 4 atom stereocenters. The van der Waals surface area contributed by atoms with E-state index >= 15 is 0 Å². The van der Waals surface area contributed by atoms with Gasteiger partial charge in [-0.05, 0) is 69.0 Å². The van der Waals surface area contributed by atoms with Gasteiger partial charge in [0.15, 0.2) is 11.5 Å². The van der Waals surface area contributed by atoms with Crippen molar-refractivity contribution in [1.82, 2.24) is 4.90 Å². The van der Waals surface area contributed by atoms with Gasteiger partial charge in [0.05, 0.1) is 11.7 Å². The maximum atomic E-state index is 12.1. The van der Waals surface area contributed by atoms with Gasteiger partial charge < -0.3 is 20.1 Å². The number of rotatable bonds is 4. The van der Waals surface area contributed by atoms with E-state index in [9.17, 15) is 15.3 Å². The molecular formula is C22H32N2O4. The maximum Gasteiger partial charge on any atom is 0.163 e. The molecule has 3 fully saturated rings. The van der Waals surface area contributed by atoms with Gasteiger partial charge in [-0.3, -0.25) is 10.6 Å². The average Bonchev–Trinajstić information content (AvgIpc) is 2.62. The molecule has 1 aromatic carbocycles. The third kappa shape index (κ3) is 2.48. The quantitative estimate of drug-likeness (QED) is 0.585. The Labute approximate surface area is 166 Å². The molecule has 4 aliphatic rings. The number of aliphatic hydroxyl groups excluding tert-OH is 1. The van der Waals surface area contributed by atoms with Gasteiger partial charge in [0.2, 0.25) is 0 Å². The van der Waals surface area contributed by atoms with Gasteiger partial charge in [0, 0.05) is 23.6 Å². The number of benzene rings is 1. The number of piperidine rings is 1. The van der Waals surface area contributed by atoms with Crippen LogP contribution < -0.4 is 10.5 Å². The Kier molecular flexibility index (Phi) is 4.40. The molecule has 5 rings (SSSR count). The van der Waals surface area contributed by atoms with Crippen LogP contribution in [0.15, 0.2) is 12.1 Å². The van der Waals surface area contributed by atoms with Crippen molar-refractivity contribution in [3.8, 4) is 11.5 Å². The van der Waals surface area contributed by atoms with Crippen LogP contribution in [0.1, 0.15) is 56.1 Å². The first-order valence-electron chi connectivity index (χ1n) is 10.8. The number of nitrogens with two attached hydrogens (primary N) is 1. The molecular weight excluding hydrogens is 356 g/mol. The van der Waals surface area contributed by atoms with Crippen LogP contribution in [-0.2, 0) is 11.8 Å². The minimum atomic E-state index is -0.931. The lowest BCUT2D eigenvalue weighted by molar-refractivity contribution is -0.185. The molecule has 0 amide bonds. The van der Waals surface area contributed by atoms with Crippen LogP contribution in [0.4, 0.5) is 0 Å². The van der Waals surface area contributed by atoms with Crippen molar-refractivity contribution in [1.29, 1.82) is 0 Å². The van der Waals surface area contributed by atoms with Gasteiger partial charge in [-0.25, -0.2) is 0 Å². The maximum absolute atomic E-state index is 12.1. The third-order valence-electron chi connectivity index (χ3n) is 8.16. The summed E-state index contributed by atoms with van der Waals surface area (Å²) in [5, 5.41) is 33.8. The highest BCUT2D eigenvalue weighted by Gasteiger charge is 2.65. The van der Waals surface area contributed by atoms with Crippen molar-refractivity contribution in [3.63, 3.8) is 0 Å². The van der Waals surface area contributed by atoms with E-state index in [-0.39, 0.29) is 18.5 Å². The van der Waals surface area contributed by atoms with E-state index in [4.69, 9.17) is 10.5 Å². The van der Waals surface area contributed by atoms with Crippen LogP contribution in [0.2, 0.25) is 0 Å². The molecule has 2 saturated carbocycles. The second-order valence-electron chi connectivity index (χ2n) is 9.42. The molecule has 28 heavy (non-hydrogen) atoms. The van der Waals surface area contributed by atoms with E-state index < -0.39 is 17.1 Å². The number of hydrogen-bond donors (Lipinski definition) is 4. The zero-order valence-electron chi connectivity index (χ0n) is 16.4. The van der Waals surface area contributed by atoms with Crippen molar-refractivity contribution in [2.24, 2.45) is 11.7 Å². The zero-order valence-corrected chi connectivity index (χ0v) is 16.4. The minimum Gasteiger partial charge on any atom is -0.504 e. The van der Waals surface area contributed by atoms with Crippen molar-refractivity contribution in [2.45, 2.75) is 74.5 Å². The Hall–Kier alpha value is -1.34. The number of hydrogen-bond acceptors (Lipinski definition) is 6. The number of aromatic hydroxyl groups is 1. The molecule has 154 valence electrons. The van der Waals surface area contributed by atoms with Crippen LogP contribution >= 0.6 is 0 Å². The molecule has 5 N–H and O–H groups in total. The smallest absolute Gasteiger partial charge is 0.163 e. The molecule has 6 nitrogen and oxygen atoms in total. The van der Waals surface area contributed by atoms with Gasteiger partial charge in [-0.15, -0.1) is 0 Å². The van der Waals surface area contributed by atoms with E-state index in [2.05, 4.69) is 4.90 Å². The van der Waals surface area contributed by atoms with E-state index in [0.29, 0.717) is 25.0 Å². The van der Waals surface area contributed by atoms with E-state index in [0.717, 1.165) is 43.0 Å². The average molecular weight is 389 g/mol. The summed E-state index contributed by atoms with van der Waals surface area (Å²) in [6.07, 6.45) is 6.61. The number of aliphatic hydroxyl groups is 2. The summed E-state index contributed by atoms with van der Waals surface area (Å²) in [5.41, 5.74) is 5.84. The first-order valence-corrected chi connectivity index (χ1v) is 10.8. The SMILES string of the molecule is NCOc1ccc2c(c1O)[C@]13CCN(CC4CCC4)[C@H](C2)[C@]1(O)CC[C@H](O)C3. The fourth-order valence-corrected chi connectivity index (χ4v) is 6.60. The fraction of sp³-hybridized carbons (Fsp3) is 0.727. The Bertz CT molecular complexity index is 767. The second kappa shape index (κ2) is 6.59. The number of nitrogens with zero attached hydrogens (tertiary/aromatic N) is 1. The minimum absolute atomic E-state index is 0.00989. The molecule has 3 aliphatic carbocycles. The normalized spacial score (nSPS) is 37.7. The van der Waals surface area contributed by atoms with Gasteiger partial charge in [0.25, 0.3) is 0 Å². The van der Waals surface area contributed by atoms with Crippen LogP contribution in [0.5, 0.6) is 11.5 Å². The first kappa shape index (κ1) is 18.7. The molecule has 1 aromatic rings. The number of fused-ring (bicyclic) bond motifs is 1. The highest BCUT2D eigenvalue weighted by Crippen LogP contribution is 2.61. The standard InChI is InChI=1S/C22H32N2O4/c23-13-28-17-5-4-15-10-18-22(27)7-6-16(25)11-21(22,19(15)20(17)26)8-9-24(18)12-14-2-1-3-14/h4-5,14,16,18,25-27H,1-3,6-13,23H2/t16-,18+,21+,22+/m0/s1. The van der Waals surface area contributed by atoms with E-state index in [1.54, 1.807) is 6.07 Å². The second-order valence-corrected chi connectivity index (χ2v) is 9.42. The summed E-state index contributed by atoms with van der Waals surface area (Å²) in [4.78, 5) is 2.50. The molecule has 0 aromatic heterocycles. The summed E-state index contributed by atoms with van der Waals surface area (Å²) in [6, 6.07) is 3.85. The first-order chi connectivity index (χ1) is 13.5. The Morgan fingerprint density at radius 1 is 1.21 bits per heavy atom. The van der Waals surface area contributed by atoms with Crippen LogP contribution in [-0.4, -0.2) is 57.8 Å². The topological polar surface area (TPSA) is 99.2 Å².